The molecule has 0 radical (unpaired) electrons. The van der Waals surface area contributed by atoms with Gasteiger partial charge in [-0.2, -0.15) is 0 Å². The molecule has 8 atom stereocenters. The van der Waals surface area contributed by atoms with Crippen molar-refractivity contribution in [3.05, 3.63) is 23.5 Å². The highest BCUT2D eigenvalue weighted by Crippen LogP contribution is 2.23. The van der Waals surface area contributed by atoms with Crippen molar-refractivity contribution in [2.45, 2.75) is 282 Å². The molecule has 10 N–H and O–H groups in total. The molecule has 0 heterocycles. The van der Waals surface area contributed by atoms with Gasteiger partial charge in [0, 0.05) is 37.6 Å². The van der Waals surface area contributed by atoms with Gasteiger partial charge in [-0.1, -0.05) is 181 Å². The second-order valence-electron chi connectivity index (χ2n) is 19.4. The Labute approximate surface area is 404 Å². The Morgan fingerprint density at radius 3 is 0.894 bits per heavy atom. The Balaban J connectivity index is 6.26. The van der Waals surface area contributed by atoms with Crippen molar-refractivity contribution in [3.63, 3.8) is 0 Å². The lowest BCUT2D eigenvalue weighted by Gasteiger charge is -2.34. The monoisotopic (exact) mass is 945 g/mol. The summed E-state index contributed by atoms with van der Waals surface area (Å²) in [6, 6.07) is 0. The average molecular weight is 945 g/mol. The summed E-state index contributed by atoms with van der Waals surface area (Å²) in [6.45, 7) is 8.88. The van der Waals surface area contributed by atoms with Gasteiger partial charge >= 0.3 is 0 Å². The van der Waals surface area contributed by atoms with E-state index < -0.39 is 62.0 Å². The maximum absolute atomic E-state index is 11.2. The van der Waals surface area contributed by atoms with E-state index in [-0.39, 0.29) is 13.1 Å². The SMILES string of the molecule is CCCCCCCC/C=C(/CCCCCCCC)N(CCCCCCN(C[C@@H](O)[C@H](O)[C@H](O)[C@H](O)CO)/C(=C\CCCCCCCC)CCCCCCCC)C[C@@H](O)[C@H](O)[C@H](O)[C@H](O)CO. The third-order valence-electron chi connectivity index (χ3n) is 13.3. The van der Waals surface area contributed by atoms with E-state index in [4.69, 9.17) is 0 Å². The van der Waals surface area contributed by atoms with Crippen LogP contribution in [0, 0.1) is 0 Å². The van der Waals surface area contributed by atoms with E-state index in [1.54, 1.807) is 0 Å². The van der Waals surface area contributed by atoms with Crippen LogP contribution in [0.3, 0.4) is 0 Å². The van der Waals surface area contributed by atoms with E-state index in [0.29, 0.717) is 13.1 Å². The van der Waals surface area contributed by atoms with Gasteiger partial charge in [-0.05, 0) is 64.2 Å². The zero-order chi connectivity index (χ0) is 49.2. The number of aliphatic hydroxyl groups is 10. The zero-order valence-corrected chi connectivity index (χ0v) is 43.0. The minimum Gasteiger partial charge on any atom is -0.394 e. The van der Waals surface area contributed by atoms with Crippen LogP contribution in [0.2, 0.25) is 0 Å². The summed E-state index contributed by atoms with van der Waals surface area (Å²) >= 11 is 0. The molecular weight excluding hydrogens is 837 g/mol. The highest BCUT2D eigenvalue weighted by Gasteiger charge is 2.33. The lowest BCUT2D eigenvalue weighted by atomic mass is 10.0. The molecule has 0 aromatic rings. The van der Waals surface area contributed by atoms with Gasteiger partial charge in [-0.25, -0.2) is 0 Å². The molecule has 0 aliphatic carbocycles. The molecule has 0 aromatic heterocycles. The molecule has 0 spiro atoms. The Hall–Kier alpha value is -1.32. The van der Waals surface area contributed by atoms with Crippen LogP contribution in [-0.2, 0) is 0 Å². The predicted octanol–water partition coefficient (Wildman–Crippen LogP) is 8.79. The highest BCUT2D eigenvalue weighted by atomic mass is 16.4. The van der Waals surface area contributed by atoms with Crippen molar-refractivity contribution in [3.8, 4) is 0 Å². The summed E-state index contributed by atoms with van der Waals surface area (Å²) in [6.07, 6.45) is 27.4. The van der Waals surface area contributed by atoms with Gasteiger partial charge in [-0.15, -0.1) is 0 Å². The molecule has 0 aromatic carbocycles. The van der Waals surface area contributed by atoms with Crippen LogP contribution in [0.1, 0.15) is 233 Å². The number of nitrogens with zero attached hydrogens (tertiary/aromatic N) is 2. The van der Waals surface area contributed by atoms with Gasteiger partial charge in [0.1, 0.15) is 36.6 Å². The molecule has 12 nitrogen and oxygen atoms in total. The predicted molar refractivity (Wildman–Crippen MR) is 272 cm³/mol. The highest BCUT2D eigenvalue weighted by molar-refractivity contribution is 5.04. The summed E-state index contributed by atoms with van der Waals surface area (Å²) in [5.74, 6) is 0. The average Bonchev–Trinajstić information content (AvgIpc) is 3.32. The van der Waals surface area contributed by atoms with Crippen LogP contribution >= 0.6 is 0 Å². The van der Waals surface area contributed by atoms with Crippen LogP contribution in [-0.4, -0.2) is 149 Å². The molecule has 394 valence electrons. The van der Waals surface area contributed by atoms with Crippen molar-refractivity contribution in [1.29, 1.82) is 0 Å². The number of rotatable bonds is 49. The van der Waals surface area contributed by atoms with Gasteiger partial charge < -0.3 is 60.9 Å². The Bertz CT molecular complexity index is 1030. The number of hydrogen-bond acceptors (Lipinski definition) is 12. The standard InChI is InChI=1S/C54H108N2O10/c1-5-9-13-17-21-25-31-37-45(35-29-23-19-15-11-7-3)55(41-47(59)51(63)53(65)49(61)43-57)39-33-27-28-34-40-56(42-48(60)52(64)54(66)50(62)44-58)46(36-30-24-20-16-12-8-4)38-32-26-22-18-14-10-6-2/h37-38,47-54,57-66H,5-36,39-44H2,1-4H3/b45-37-,46-38-/t47-,48-,49-,50-,51+,52+,53-,54-/m1/s1. The molecule has 0 rings (SSSR count). The molecule has 0 fully saturated rings. The van der Waals surface area contributed by atoms with Crippen molar-refractivity contribution >= 4 is 0 Å². The summed E-state index contributed by atoms with van der Waals surface area (Å²) in [5, 5.41) is 104. The molecule has 12 heteroatoms. The van der Waals surface area contributed by atoms with Crippen molar-refractivity contribution in [1.82, 2.24) is 9.80 Å². The second kappa shape index (κ2) is 44.9. The fourth-order valence-corrected chi connectivity index (χ4v) is 8.80. The Kier molecular flexibility index (Phi) is 44.0. The molecule has 0 unspecified atom stereocenters. The maximum Gasteiger partial charge on any atom is 0.111 e. The second-order valence-corrected chi connectivity index (χ2v) is 19.4. The van der Waals surface area contributed by atoms with E-state index in [1.807, 2.05) is 0 Å². The summed E-state index contributed by atoms with van der Waals surface area (Å²) < 4.78 is 0. The largest absolute Gasteiger partial charge is 0.394 e. The van der Waals surface area contributed by atoms with Gasteiger partial charge in [-0.3, -0.25) is 0 Å². The fraction of sp³-hybridized carbons (Fsp3) is 0.926. The molecule has 66 heavy (non-hydrogen) atoms. The zero-order valence-electron chi connectivity index (χ0n) is 43.0. The number of hydrogen-bond donors (Lipinski definition) is 10. The lowest BCUT2D eigenvalue weighted by Crippen LogP contribution is -2.49. The summed E-state index contributed by atoms with van der Waals surface area (Å²) in [4.78, 5) is 4.32. The normalized spacial score (nSPS) is 16.2. The maximum atomic E-state index is 11.2. The van der Waals surface area contributed by atoms with Crippen molar-refractivity contribution in [2.24, 2.45) is 0 Å². The van der Waals surface area contributed by atoms with Gasteiger partial charge in [0.25, 0.3) is 0 Å². The molecule has 0 saturated heterocycles. The molecule has 0 amide bonds. The third-order valence-corrected chi connectivity index (χ3v) is 13.3. The van der Waals surface area contributed by atoms with E-state index in [1.165, 1.54) is 116 Å². The first-order chi connectivity index (χ1) is 31.9. The van der Waals surface area contributed by atoms with Crippen LogP contribution in [0.5, 0.6) is 0 Å². The molecule has 0 aliphatic heterocycles. The fourth-order valence-electron chi connectivity index (χ4n) is 8.80. The Morgan fingerprint density at radius 1 is 0.333 bits per heavy atom. The molecule has 0 aliphatic rings. The topological polar surface area (TPSA) is 209 Å². The number of allylic oxidation sites excluding steroid dienone is 4. The summed E-state index contributed by atoms with van der Waals surface area (Å²) in [7, 11) is 0. The minimum absolute atomic E-state index is 0.0879. The third kappa shape index (κ3) is 32.5. The van der Waals surface area contributed by atoms with E-state index in [2.05, 4.69) is 49.6 Å². The molecule has 0 bridgehead atoms. The van der Waals surface area contributed by atoms with Gasteiger partial charge in [0.15, 0.2) is 0 Å². The van der Waals surface area contributed by atoms with E-state index in [0.717, 1.165) is 101 Å². The number of unbranched alkanes of at least 4 members (excludes halogenated alkanes) is 25. The van der Waals surface area contributed by atoms with E-state index >= 15 is 0 Å². The number of aliphatic hydroxyl groups excluding tert-OH is 10. The molecular formula is C54H108N2O10. The van der Waals surface area contributed by atoms with Crippen molar-refractivity contribution < 1.29 is 51.1 Å². The smallest absolute Gasteiger partial charge is 0.111 e. The van der Waals surface area contributed by atoms with E-state index in [9.17, 15) is 51.1 Å². The van der Waals surface area contributed by atoms with Crippen molar-refractivity contribution in [2.75, 3.05) is 39.4 Å². The lowest BCUT2D eigenvalue weighted by molar-refractivity contribution is -0.118. The first-order valence-electron chi connectivity index (χ1n) is 27.5. The molecule has 0 saturated carbocycles. The first-order valence-corrected chi connectivity index (χ1v) is 27.5. The van der Waals surface area contributed by atoms with Gasteiger partial charge in [0.2, 0.25) is 0 Å². The van der Waals surface area contributed by atoms with Crippen LogP contribution in [0.4, 0.5) is 0 Å². The quantitative estimate of drug-likeness (QED) is 0.0260. The minimum atomic E-state index is -1.68. The Morgan fingerprint density at radius 2 is 0.591 bits per heavy atom. The summed E-state index contributed by atoms with van der Waals surface area (Å²) in [5.41, 5.74) is 2.29. The van der Waals surface area contributed by atoms with Gasteiger partial charge in [0.05, 0.1) is 25.4 Å². The van der Waals surface area contributed by atoms with Crippen LogP contribution < -0.4 is 0 Å². The van der Waals surface area contributed by atoms with Crippen LogP contribution in [0.25, 0.3) is 0 Å². The first kappa shape index (κ1) is 64.7. The van der Waals surface area contributed by atoms with Crippen LogP contribution in [0.15, 0.2) is 23.5 Å².